The summed E-state index contributed by atoms with van der Waals surface area (Å²) in [5.41, 5.74) is 0.965. The summed E-state index contributed by atoms with van der Waals surface area (Å²) in [6.45, 7) is -0.241. The Balaban J connectivity index is 1.44. The molecule has 0 spiro atoms. The predicted molar refractivity (Wildman–Crippen MR) is 114 cm³/mol. The van der Waals surface area contributed by atoms with Crippen LogP contribution < -0.4 is 10.6 Å². The number of aromatic amines is 1. The van der Waals surface area contributed by atoms with Gasteiger partial charge in [-0.1, -0.05) is 0 Å². The number of hydrogen-bond donors (Lipinski definition) is 4. The number of nitrogens with zero attached hydrogens (tertiary/aromatic N) is 4. The monoisotopic (exact) mass is 433 g/mol. The molecule has 4 bridgehead atoms. The minimum Gasteiger partial charge on any atom is -0.390 e. The molecule has 32 heavy (non-hydrogen) atoms. The molecule has 4 N–H and O–H groups in total. The van der Waals surface area contributed by atoms with Crippen molar-refractivity contribution in [2.24, 2.45) is 17.8 Å². The number of rotatable bonds is 3. The minimum absolute atomic E-state index is 0.160. The maximum Gasteiger partial charge on any atom is 0.314 e. The van der Waals surface area contributed by atoms with Crippen LogP contribution in [0.15, 0.2) is 18.5 Å². The van der Waals surface area contributed by atoms with Crippen molar-refractivity contribution in [1.82, 2.24) is 25.1 Å². The van der Waals surface area contributed by atoms with Crippen LogP contribution in [0, 0.1) is 29.1 Å². The van der Waals surface area contributed by atoms with Crippen molar-refractivity contribution in [2.45, 2.75) is 43.7 Å². The summed E-state index contributed by atoms with van der Waals surface area (Å²) >= 11 is 0. The number of anilines is 1. The lowest BCUT2D eigenvalue weighted by Gasteiger charge is -2.58. The van der Waals surface area contributed by atoms with E-state index in [0.29, 0.717) is 34.6 Å². The molecule has 3 aromatic heterocycles. The molecular weight excluding hydrogens is 410 g/mol. The lowest BCUT2D eigenvalue weighted by Crippen LogP contribution is -2.55. The fourth-order valence-electron chi connectivity index (χ4n) is 6.69. The molecule has 3 aromatic rings. The van der Waals surface area contributed by atoms with Gasteiger partial charge in [-0.25, -0.2) is 9.97 Å². The Labute approximate surface area is 183 Å². The average Bonchev–Trinajstić information content (AvgIpc) is 3.35. The van der Waals surface area contributed by atoms with E-state index < -0.39 is 17.4 Å². The molecule has 7 rings (SSSR count). The molecule has 0 radical (unpaired) electrons. The highest BCUT2D eigenvalue weighted by Gasteiger charge is 2.55. The van der Waals surface area contributed by atoms with Crippen molar-refractivity contribution in [1.29, 1.82) is 5.26 Å². The van der Waals surface area contributed by atoms with Crippen LogP contribution in [-0.2, 0) is 9.59 Å². The third-order valence-electron chi connectivity index (χ3n) is 7.51. The highest BCUT2D eigenvalue weighted by atomic mass is 16.3. The number of pyridine rings is 1. The first-order valence-electron chi connectivity index (χ1n) is 11.0. The number of aromatic nitrogens is 4. The topological polar surface area (TPSA) is 149 Å². The molecular formula is C22H23N7O3. The maximum atomic E-state index is 12.4. The van der Waals surface area contributed by atoms with Gasteiger partial charge in [-0.3, -0.25) is 19.4 Å². The first-order chi connectivity index (χ1) is 15.5. The van der Waals surface area contributed by atoms with Crippen LogP contribution in [0.2, 0.25) is 0 Å². The van der Waals surface area contributed by atoms with Gasteiger partial charge in [0.25, 0.3) is 0 Å². The minimum atomic E-state index is -0.873. The number of aliphatic hydroxyl groups is 1. The third kappa shape index (κ3) is 2.81. The Hall–Kier alpha value is -3.45. The Bertz CT molecular complexity index is 1290. The third-order valence-corrected chi connectivity index (χ3v) is 7.51. The van der Waals surface area contributed by atoms with Crippen LogP contribution in [0.3, 0.4) is 0 Å². The number of amides is 2. The van der Waals surface area contributed by atoms with Gasteiger partial charge in [0.1, 0.15) is 12.4 Å². The molecule has 2 amide bonds. The number of nitriles is 1. The molecule has 10 heteroatoms. The first kappa shape index (κ1) is 19.3. The summed E-state index contributed by atoms with van der Waals surface area (Å²) in [4.78, 5) is 33.2. The first-order valence-corrected chi connectivity index (χ1v) is 11.0. The van der Waals surface area contributed by atoms with E-state index >= 15 is 0 Å². The van der Waals surface area contributed by atoms with Gasteiger partial charge in [-0.05, 0) is 55.9 Å². The number of fused-ring (bicyclic) bond motifs is 3. The summed E-state index contributed by atoms with van der Waals surface area (Å²) in [7, 11) is 0. The summed E-state index contributed by atoms with van der Waals surface area (Å²) in [5, 5.41) is 29.5. The van der Waals surface area contributed by atoms with Crippen LogP contribution in [-0.4, -0.2) is 48.8 Å². The van der Waals surface area contributed by atoms with E-state index in [-0.39, 0.29) is 12.6 Å². The Morgan fingerprint density at radius 3 is 2.72 bits per heavy atom. The Morgan fingerprint density at radius 2 is 2.00 bits per heavy atom. The average molecular weight is 433 g/mol. The molecule has 4 aliphatic carbocycles. The normalized spacial score (nSPS) is 30.5. The maximum absolute atomic E-state index is 12.4. The van der Waals surface area contributed by atoms with Gasteiger partial charge < -0.3 is 15.7 Å². The van der Waals surface area contributed by atoms with Crippen molar-refractivity contribution in [3.63, 3.8) is 0 Å². The highest BCUT2D eigenvalue weighted by molar-refractivity contribution is 6.40. The summed E-state index contributed by atoms with van der Waals surface area (Å²) in [6.07, 6.45) is 8.01. The summed E-state index contributed by atoms with van der Waals surface area (Å²) in [5.74, 6) is -0.0862. The number of carbonyl (C=O) groups is 2. The fourth-order valence-corrected chi connectivity index (χ4v) is 6.69. The van der Waals surface area contributed by atoms with Gasteiger partial charge in [0.15, 0.2) is 5.65 Å². The van der Waals surface area contributed by atoms with E-state index in [4.69, 9.17) is 5.26 Å². The molecule has 0 aromatic carbocycles. The zero-order chi connectivity index (χ0) is 22.0. The zero-order valence-corrected chi connectivity index (χ0v) is 17.3. The van der Waals surface area contributed by atoms with Crippen molar-refractivity contribution in [2.75, 3.05) is 11.9 Å². The number of hydrogen-bond acceptors (Lipinski definition) is 6. The van der Waals surface area contributed by atoms with Crippen molar-refractivity contribution in [3.05, 3.63) is 18.5 Å². The van der Waals surface area contributed by atoms with Gasteiger partial charge in [0.2, 0.25) is 0 Å². The summed E-state index contributed by atoms with van der Waals surface area (Å²) < 4.78 is 2.11. The molecule has 4 saturated carbocycles. The van der Waals surface area contributed by atoms with Crippen LogP contribution in [0.25, 0.3) is 21.9 Å². The molecule has 3 heterocycles. The van der Waals surface area contributed by atoms with Gasteiger partial charge in [-0.2, -0.15) is 5.26 Å². The largest absolute Gasteiger partial charge is 0.390 e. The van der Waals surface area contributed by atoms with Gasteiger partial charge in [0.05, 0.1) is 28.6 Å². The van der Waals surface area contributed by atoms with E-state index in [1.807, 2.05) is 6.07 Å². The van der Waals surface area contributed by atoms with E-state index in [2.05, 4.69) is 30.4 Å². The molecule has 4 aliphatic rings. The second kappa shape index (κ2) is 6.77. The zero-order valence-electron chi connectivity index (χ0n) is 17.3. The lowest BCUT2D eigenvalue weighted by molar-refractivity contribution is -0.148. The van der Waals surface area contributed by atoms with Crippen molar-refractivity contribution >= 4 is 39.6 Å². The van der Waals surface area contributed by atoms with Crippen molar-refractivity contribution in [3.8, 4) is 6.07 Å². The number of H-pyrrole nitrogens is 1. The van der Waals surface area contributed by atoms with E-state index in [0.717, 1.165) is 43.0 Å². The molecule has 4 fully saturated rings. The molecule has 10 nitrogen and oxygen atoms in total. The Kier molecular flexibility index (Phi) is 4.07. The molecule has 5 atom stereocenters. The highest BCUT2D eigenvalue weighted by Crippen LogP contribution is 2.60. The number of nitrogens with one attached hydrogen (secondary N) is 3. The van der Waals surface area contributed by atoms with E-state index in [1.165, 1.54) is 0 Å². The second-order valence-corrected chi connectivity index (χ2v) is 9.54. The van der Waals surface area contributed by atoms with Gasteiger partial charge >= 0.3 is 11.8 Å². The van der Waals surface area contributed by atoms with Crippen molar-refractivity contribution < 1.29 is 14.7 Å². The molecule has 0 aliphatic heterocycles. The van der Waals surface area contributed by atoms with Crippen LogP contribution >= 0.6 is 0 Å². The van der Waals surface area contributed by atoms with E-state index in [1.54, 1.807) is 18.5 Å². The molecule has 164 valence electrons. The summed E-state index contributed by atoms with van der Waals surface area (Å²) in [6, 6.07) is 3.85. The second-order valence-electron chi connectivity index (χ2n) is 9.54. The Morgan fingerprint density at radius 1 is 1.22 bits per heavy atom. The fraction of sp³-hybridized carbons (Fsp3) is 0.500. The van der Waals surface area contributed by atoms with E-state index in [9.17, 15) is 14.7 Å². The standard InChI is InChI=1S/C22H23N7O3/c23-2-4-25-20(30)21(31)27-19-15-10-26-18-14(1-3-24-18)17(15)29(28-19)16-12-5-11-6-13(16)9-22(32,7-11)8-12/h1,3,10-13,16,28,32H,4-9H2,(H,25,30)(H,27,31)/t11?,12-,13+,16?,22?. The molecule has 0 saturated heterocycles. The smallest absolute Gasteiger partial charge is 0.314 e. The number of carbonyl (C=O) groups excluding carboxylic acids is 2. The van der Waals surface area contributed by atoms with Crippen LogP contribution in [0.4, 0.5) is 5.82 Å². The van der Waals surface area contributed by atoms with Gasteiger partial charge in [0, 0.05) is 17.8 Å². The lowest BCUT2D eigenvalue weighted by atomic mass is 9.52. The SMILES string of the molecule is N#CCNC(=O)C(=O)Nc1[nH]n(C2[C@@H]3CC4C[C@H]2CC(O)(C4)C3)c2c1cnc1nccc12. The quantitative estimate of drug-likeness (QED) is 0.364. The molecule has 3 unspecified atom stereocenters. The van der Waals surface area contributed by atoms with Crippen LogP contribution in [0.5, 0.6) is 0 Å². The van der Waals surface area contributed by atoms with Crippen LogP contribution in [0.1, 0.15) is 38.1 Å². The predicted octanol–water partition coefficient (Wildman–Crippen LogP) is 1.60. The van der Waals surface area contributed by atoms with Gasteiger partial charge in [-0.15, -0.1) is 0 Å².